The summed E-state index contributed by atoms with van der Waals surface area (Å²) in [5.74, 6) is -1.16. The summed E-state index contributed by atoms with van der Waals surface area (Å²) in [5.41, 5.74) is 4.62. The van der Waals surface area contributed by atoms with Crippen LogP contribution in [0.25, 0.3) is 11.3 Å². The zero-order chi connectivity index (χ0) is 29.5. The number of halogens is 1. The van der Waals surface area contributed by atoms with Crippen LogP contribution in [0, 0.1) is 5.82 Å². The molecule has 41 heavy (non-hydrogen) atoms. The van der Waals surface area contributed by atoms with Crippen molar-refractivity contribution in [3.05, 3.63) is 89.2 Å². The first kappa shape index (κ1) is 29.5. The lowest BCUT2D eigenvalue weighted by Gasteiger charge is -2.19. The topological polar surface area (TPSA) is 91.0 Å². The van der Waals surface area contributed by atoms with Gasteiger partial charge in [0.25, 0.3) is 5.91 Å². The van der Waals surface area contributed by atoms with Gasteiger partial charge in [-0.15, -0.1) is 0 Å². The first-order valence-corrected chi connectivity index (χ1v) is 13.5. The van der Waals surface area contributed by atoms with E-state index in [9.17, 15) is 18.8 Å². The predicted molar refractivity (Wildman–Crippen MR) is 160 cm³/mol. The fraction of sp³-hybridized carbons (Fsp3) is 0.281. The summed E-state index contributed by atoms with van der Waals surface area (Å²) in [4.78, 5) is 41.5. The molecule has 1 heterocycles. The van der Waals surface area contributed by atoms with Crippen LogP contribution in [0.1, 0.15) is 36.0 Å². The van der Waals surface area contributed by atoms with Gasteiger partial charge in [0.05, 0.1) is 30.5 Å². The summed E-state index contributed by atoms with van der Waals surface area (Å²) in [6, 6.07) is 18.8. The zero-order valence-corrected chi connectivity index (χ0v) is 23.8. The molecule has 0 unspecified atom stereocenters. The Morgan fingerprint density at radius 2 is 1.73 bits per heavy atom. The summed E-state index contributed by atoms with van der Waals surface area (Å²) in [6.45, 7) is 0.943. The lowest BCUT2D eigenvalue weighted by Crippen LogP contribution is -2.26. The molecule has 1 aliphatic heterocycles. The van der Waals surface area contributed by atoms with Crippen molar-refractivity contribution in [3.63, 3.8) is 0 Å². The molecular formula is C32H35FN4O4. The van der Waals surface area contributed by atoms with Crippen molar-refractivity contribution in [2.45, 2.75) is 25.7 Å². The van der Waals surface area contributed by atoms with Crippen LogP contribution in [0.15, 0.2) is 66.7 Å². The molecule has 0 saturated carbocycles. The second kappa shape index (κ2) is 13.2. The minimum absolute atomic E-state index is 0.0427. The number of hydrogen-bond donors (Lipinski definition) is 2. The largest absolute Gasteiger partial charge is 0.469 e. The monoisotopic (exact) mass is 558 g/mol. The number of hydrogen-bond acceptors (Lipinski definition) is 6. The smallest absolute Gasteiger partial charge is 0.309 e. The third kappa shape index (κ3) is 7.37. The van der Waals surface area contributed by atoms with Crippen LogP contribution in [0.3, 0.4) is 0 Å². The molecule has 0 radical (unpaired) electrons. The first-order valence-electron chi connectivity index (χ1n) is 13.5. The number of carbonyl (C=O) groups is 3. The van der Waals surface area contributed by atoms with Gasteiger partial charge >= 0.3 is 5.97 Å². The molecule has 0 aliphatic carbocycles. The van der Waals surface area contributed by atoms with Crippen LogP contribution < -0.4 is 15.5 Å². The molecule has 214 valence electrons. The maximum absolute atomic E-state index is 13.9. The van der Waals surface area contributed by atoms with E-state index in [1.165, 1.54) is 19.2 Å². The van der Waals surface area contributed by atoms with Crippen molar-refractivity contribution in [1.29, 1.82) is 0 Å². The van der Waals surface area contributed by atoms with E-state index in [2.05, 4.69) is 15.5 Å². The fourth-order valence-corrected chi connectivity index (χ4v) is 4.68. The molecule has 2 amide bonds. The number of carbonyl (C=O) groups excluding carboxylic acids is 3. The highest BCUT2D eigenvalue weighted by molar-refractivity contribution is 6.37. The molecule has 0 fully saturated rings. The number of ether oxygens (including phenoxy) is 1. The number of unbranched alkanes of at least 4 members (excludes halogenated alkanes) is 1. The Morgan fingerprint density at radius 3 is 2.44 bits per heavy atom. The number of esters is 1. The molecule has 0 spiro atoms. The minimum Gasteiger partial charge on any atom is -0.469 e. The van der Waals surface area contributed by atoms with Crippen LogP contribution in [0.2, 0.25) is 0 Å². The van der Waals surface area contributed by atoms with Crippen LogP contribution >= 0.6 is 0 Å². The van der Waals surface area contributed by atoms with Crippen LogP contribution in [0.4, 0.5) is 21.5 Å². The van der Waals surface area contributed by atoms with Gasteiger partial charge in [0.2, 0.25) is 5.91 Å². The van der Waals surface area contributed by atoms with Crippen LogP contribution in [-0.4, -0.2) is 57.5 Å². The minimum atomic E-state index is -0.452. The number of amides is 2. The normalized spacial score (nSPS) is 13.5. The van der Waals surface area contributed by atoms with Crippen molar-refractivity contribution in [2.24, 2.45) is 0 Å². The summed E-state index contributed by atoms with van der Waals surface area (Å²) < 4.78 is 18.7. The van der Waals surface area contributed by atoms with Gasteiger partial charge in [-0.05, 0) is 93.1 Å². The van der Waals surface area contributed by atoms with Gasteiger partial charge in [-0.25, -0.2) is 4.39 Å². The number of methoxy groups -OCH3 is 1. The maximum atomic E-state index is 13.9. The van der Waals surface area contributed by atoms with Gasteiger partial charge < -0.3 is 25.2 Å². The highest BCUT2D eigenvalue weighted by Crippen LogP contribution is 2.38. The second-order valence-corrected chi connectivity index (χ2v) is 10.2. The van der Waals surface area contributed by atoms with E-state index in [4.69, 9.17) is 4.74 Å². The number of anilines is 3. The van der Waals surface area contributed by atoms with Crippen molar-refractivity contribution in [3.8, 4) is 0 Å². The van der Waals surface area contributed by atoms with E-state index >= 15 is 0 Å². The summed E-state index contributed by atoms with van der Waals surface area (Å²) in [6.07, 6.45) is 2.32. The second-order valence-electron chi connectivity index (χ2n) is 10.2. The van der Waals surface area contributed by atoms with Gasteiger partial charge in [-0.3, -0.25) is 14.4 Å². The SMILES string of the molecule is COC(=O)Cc1cccc(/C(Nc2ccc(N(C)C(=O)CCCCN(C)C)cc2)=C2/C(=O)Nc3cc(F)ccc32)c1. The Hall–Kier alpha value is -4.50. The third-order valence-electron chi connectivity index (χ3n) is 6.91. The highest BCUT2D eigenvalue weighted by Gasteiger charge is 2.29. The molecule has 1 aliphatic rings. The van der Waals surface area contributed by atoms with E-state index < -0.39 is 5.82 Å². The molecule has 4 rings (SSSR count). The number of rotatable bonds is 11. The van der Waals surface area contributed by atoms with E-state index in [1.807, 2.05) is 56.6 Å². The van der Waals surface area contributed by atoms with Gasteiger partial charge in [0.1, 0.15) is 5.82 Å². The van der Waals surface area contributed by atoms with Gasteiger partial charge in [0.15, 0.2) is 0 Å². The molecule has 3 aromatic carbocycles. The summed E-state index contributed by atoms with van der Waals surface area (Å²) in [5, 5.41) is 6.11. The average molecular weight is 559 g/mol. The van der Waals surface area contributed by atoms with Crippen LogP contribution in [-0.2, 0) is 25.5 Å². The molecule has 0 atom stereocenters. The third-order valence-corrected chi connectivity index (χ3v) is 6.91. The fourth-order valence-electron chi connectivity index (χ4n) is 4.68. The Morgan fingerprint density at radius 1 is 0.976 bits per heavy atom. The van der Waals surface area contributed by atoms with Gasteiger partial charge in [-0.1, -0.05) is 18.2 Å². The Bertz CT molecular complexity index is 1470. The quantitative estimate of drug-likeness (QED) is 0.192. The Kier molecular flexibility index (Phi) is 9.52. The molecular weight excluding hydrogens is 523 g/mol. The molecule has 0 bridgehead atoms. The predicted octanol–water partition coefficient (Wildman–Crippen LogP) is 5.17. The summed E-state index contributed by atoms with van der Waals surface area (Å²) in [7, 11) is 7.12. The van der Waals surface area contributed by atoms with E-state index in [0.29, 0.717) is 45.8 Å². The standard InChI is InChI=1S/C32H35FN4O4/c1-36(2)17-6-5-10-28(38)37(3)25-14-12-24(13-15-25)34-31(22-9-7-8-21(18-22)19-29(39)41-4)30-26-16-11-23(33)20-27(26)35-32(30)40/h7-9,11-16,18,20,34H,5-6,10,17,19H2,1-4H3,(H,35,40)/b31-30-. The zero-order valence-electron chi connectivity index (χ0n) is 23.8. The highest BCUT2D eigenvalue weighted by atomic mass is 19.1. The summed E-state index contributed by atoms with van der Waals surface area (Å²) >= 11 is 0. The molecule has 3 aromatic rings. The van der Waals surface area contributed by atoms with Gasteiger partial charge in [0, 0.05) is 30.4 Å². The van der Waals surface area contributed by atoms with Crippen molar-refractivity contribution in [2.75, 3.05) is 50.3 Å². The van der Waals surface area contributed by atoms with Crippen molar-refractivity contribution < 1.29 is 23.5 Å². The molecule has 2 N–H and O–H groups in total. The van der Waals surface area contributed by atoms with Crippen molar-refractivity contribution in [1.82, 2.24) is 4.90 Å². The lowest BCUT2D eigenvalue weighted by molar-refractivity contribution is -0.139. The Balaban J connectivity index is 1.63. The van der Waals surface area contributed by atoms with E-state index in [0.717, 1.165) is 25.1 Å². The molecule has 0 aromatic heterocycles. The number of nitrogens with one attached hydrogen (secondary N) is 2. The van der Waals surface area contributed by atoms with Crippen LogP contribution in [0.5, 0.6) is 0 Å². The lowest BCUT2D eigenvalue weighted by atomic mass is 9.98. The average Bonchev–Trinajstić information content (AvgIpc) is 3.28. The van der Waals surface area contributed by atoms with E-state index in [1.54, 1.807) is 24.1 Å². The maximum Gasteiger partial charge on any atom is 0.309 e. The first-order chi connectivity index (χ1) is 19.7. The molecule has 0 saturated heterocycles. The molecule has 8 nitrogen and oxygen atoms in total. The van der Waals surface area contributed by atoms with E-state index in [-0.39, 0.29) is 24.2 Å². The number of nitrogens with zero attached hydrogens (tertiary/aromatic N) is 2. The molecule has 9 heteroatoms. The van der Waals surface area contributed by atoms with Crippen molar-refractivity contribution >= 4 is 46.1 Å². The number of fused-ring (bicyclic) bond motifs is 1. The Labute approximate surface area is 239 Å². The van der Waals surface area contributed by atoms with Gasteiger partial charge in [-0.2, -0.15) is 0 Å². The number of benzene rings is 3.